The first-order valence-corrected chi connectivity index (χ1v) is 8.86. The third-order valence-corrected chi connectivity index (χ3v) is 4.23. The lowest BCUT2D eigenvalue weighted by atomic mass is 10.2. The highest BCUT2D eigenvalue weighted by atomic mass is 32.2. The van der Waals surface area contributed by atoms with Crippen LogP contribution in [0.25, 0.3) is 0 Å². The largest absolute Gasteiger partial charge is 0.483 e. The maximum atomic E-state index is 13.5. The number of carbonyl (C=O) groups excluding carboxylic acids is 1. The van der Waals surface area contributed by atoms with E-state index in [-0.39, 0.29) is 24.0 Å². The fraction of sp³-hybridized carbons (Fsp3) is 0.167. The molecule has 0 radical (unpaired) electrons. The number of anilines is 1. The molecule has 6 nitrogen and oxygen atoms in total. The van der Waals surface area contributed by atoms with E-state index < -0.39 is 5.82 Å². The number of amides is 1. The molecular weight excluding hydrogens is 355 g/mol. The number of thioether (sulfide) groups is 1. The maximum Gasteiger partial charge on any atom is 0.234 e. The normalized spacial score (nSPS) is 10.5. The number of hydrogen-bond acceptors (Lipinski definition) is 5. The highest BCUT2D eigenvalue weighted by Gasteiger charge is 2.09. The summed E-state index contributed by atoms with van der Waals surface area (Å²) in [4.78, 5) is 16.2. The molecule has 0 aliphatic rings. The molecule has 0 unspecified atom stereocenters. The number of nitrogens with one attached hydrogen (secondary N) is 2. The Hall–Kier alpha value is -2.87. The van der Waals surface area contributed by atoms with E-state index in [0.29, 0.717) is 11.0 Å². The van der Waals surface area contributed by atoms with Gasteiger partial charge in [-0.2, -0.15) is 0 Å². The minimum atomic E-state index is -0.436. The number of para-hydroxylation sites is 1. The first-order valence-electron chi connectivity index (χ1n) is 7.88. The molecule has 3 aromatic rings. The van der Waals surface area contributed by atoms with Crippen molar-refractivity contribution in [1.82, 2.24) is 15.2 Å². The third kappa shape index (κ3) is 5.06. The number of nitrogens with zero attached hydrogens (tertiary/aromatic N) is 2. The van der Waals surface area contributed by atoms with Crippen LogP contribution < -0.4 is 10.1 Å². The molecule has 0 saturated heterocycles. The monoisotopic (exact) mass is 372 g/mol. The molecule has 0 bridgehead atoms. The number of halogens is 1. The Bertz CT molecular complexity index is 883. The van der Waals surface area contributed by atoms with Crippen molar-refractivity contribution >= 4 is 23.4 Å². The summed E-state index contributed by atoms with van der Waals surface area (Å²) in [6.45, 7) is 2.04. The zero-order valence-electron chi connectivity index (χ0n) is 14.0. The van der Waals surface area contributed by atoms with Crippen molar-refractivity contribution < 1.29 is 13.9 Å². The Morgan fingerprint density at radius 3 is 2.77 bits per heavy atom. The van der Waals surface area contributed by atoms with Crippen LogP contribution in [0.1, 0.15) is 11.4 Å². The van der Waals surface area contributed by atoms with E-state index in [0.717, 1.165) is 11.3 Å². The van der Waals surface area contributed by atoms with Crippen molar-refractivity contribution in [2.24, 2.45) is 0 Å². The van der Waals surface area contributed by atoms with Gasteiger partial charge in [-0.3, -0.25) is 9.89 Å². The van der Waals surface area contributed by atoms with Gasteiger partial charge >= 0.3 is 0 Å². The molecule has 1 amide bonds. The van der Waals surface area contributed by atoms with E-state index in [1.54, 1.807) is 12.1 Å². The molecular formula is C18H17FN4O2S. The standard InChI is InChI=1S/C18H17FN4O2S/c1-12-6-8-13(9-7-12)20-17(24)11-26-18-21-16(22-23-18)10-25-15-5-3-2-4-14(15)19/h2-9H,10-11H2,1H3,(H,20,24)(H,21,22,23). The van der Waals surface area contributed by atoms with E-state index in [1.807, 2.05) is 31.2 Å². The van der Waals surface area contributed by atoms with Crippen LogP contribution in [-0.2, 0) is 11.4 Å². The fourth-order valence-corrected chi connectivity index (χ4v) is 2.70. The summed E-state index contributed by atoms with van der Waals surface area (Å²) in [6.07, 6.45) is 0. The summed E-state index contributed by atoms with van der Waals surface area (Å²) in [6, 6.07) is 13.7. The topological polar surface area (TPSA) is 79.9 Å². The number of benzene rings is 2. The van der Waals surface area contributed by atoms with Crippen LogP contribution in [0.5, 0.6) is 5.75 Å². The average molecular weight is 372 g/mol. The minimum Gasteiger partial charge on any atom is -0.483 e. The molecule has 0 aliphatic heterocycles. The van der Waals surface area contributed by atoms with Gasteiger partial charge in [-0.1, -0.05) is 41.6 Å². The van der Waals surface area contributed by atoms with Gasteiger partial charge in [-0.25, -0.2) is 9.37 Å². The molecule has 3 rings (SSSR count). The number of hydrogen-bond donors (Lipinski definition) is 2. The molecule has 1 aromatic heterocycles. The Morgan fingerprint density at radius 2 is 2.00 bits per heavy atom. The highest BCUT2D eigenvalue weighted by molar-refractivity contribution is 7.99. The van der Waals surface area contributed by atoms with Crippen LogP contribution in [0.4, 0.5) is 10.1 Å². The van der Waals surface area contributed by atoms with E-state index >= 15 is 0 Å². The van der Waals surface area contributed by atoms with E-state index in [1.165, 1.54) is 23.9 Å². The summed E-state index contributed by atoms with van der Waals surface area (Å²) in [5.41, 5.74) is 1.87. The molecule has 134 valence electrons. The molecule has 0 atom stereocenters. The van der Waals surface area contributed by atoms with E-state index in [2.05, 4.69) is 20.5 Å². The van der Waals surface area contributed by atoms with Gasteiger partial charge in [0.1, 0.15) is 6.61 Å². The lowest BCUT2D eigenvalue weighted by Crippen LogP contribution is -2.14. The Kier molecular flexibility index (Phi) is 5.85. The zero-order valence-corrected chi connectivity index (χ0v) is 14.8. The Morgan fingerprint density at radius 1 is 1.23 bits per heavy atom. The van der Waals surface area contributed by atoms with Crippen molar-refractivity contribution in [3.8, 4) is 5.75 Å². The smallest absolute Gasteiger partial charge is 0.234 e. The number of aromatic nitrogens is 3. The Labute approximate surface area is 154 Å². The SMILES string of the molecule is Cc1ccc(NC(=O)CSc2n[nH]c(COc3ccccc3F)n2)cc1. The van der Waals surface area contributed by atoms with Gasteiger partial charge in [0.05, 0.1) is 5.75 Å². The molecule has 26 heavy (non-hydrogen) atoms. The summed E-state index contributed by atoms with van der Waals surface area (Å²) in [5, 5.41) is 9.96. The van der Waals surface area contributed by atoms with Gasteiger partial charge in [0.15, 0.2) is 17.4 Å². The number of carbonyl (C=O) groups is 1. The maximum absolute atomic E-state index is 13.5. The third-order valence-electron chi connectivity index (χ3n) is 3.38. The quantitative estimate of drug-likeness (QED) is 0.620. The highest BCUT2D eigenvalue weighted by Crippen LogP contribution is 2.18. The number of aromatic amines is 1. The van der Waals surface area contributed by atoms with Gasteiger partial charge in [-0.05, 0) is 31.2 Å². The summed E-state index contributed by atoms with van der Waals surface area (Å²) in [5.74, 6) is 0.201. The first-order chi connectivity index (χ1) is 12.6. The van der Waals surface area contributed by atoms with Crippen LogP contribution in [0.2, 0.25) is 0 Å². The molecule has 2 N–H and O–H groups in total. The lowest BCUT2D eigenvalue weighted by Gasteiger charge is -2.04. The van der Waals surface area contributed by atoms with Gasteiger partial charge in [0, 0.05) is 5.69 Å². The van der Waals surface area contributed by atoms with Crippen LogP contribution in [-0.4, -0.2) is 26.8 Å². The second-order valence-electron chi connectivity index (χ2n) is 5.49. The van der Waals surface area contributed by atoms with Crippen molar-refractivity contribution in [2.45, 2.75) is 18.7 Å². The minimum absolute atomic E-state index is 0.0596. The summed E-state index contributed by atoms with van der Waals surface area (Å²) in [7, 11) is 0. The summed E-state index contributed by atoms with van der Waals surface area (Å²) < 4.78 is 18.8. The number of ether oxygens (including phenoxy) is 1. The molecule has 2 aromatic carbocycles. The molecule has 0 spiro atoms. The lowest BCUT2D eigenvalue weighted by molar-refractivity contribution is -0.113. The van der Waals surface area contributed by atoms with Crippen molar-refractivity contribution in [3.63, 3.8) is 0 Å². The van der Waals surface area contributed by atoms with Gasteiger partial charge in [0.2, 0.25) is 11.1 Å². The van der Waals surface area contributed by atoms with Gasteiger partial charge in [0.25, 0.3) is 0 Å². The van der Waals surface area contributed by atoms with Crippen molar-refractivity contribution in [1.29, 1.82) is 0 Å². The van der Waals surface area contributed by atoms with E-state index in [4.69, 9.17) is 4.74 Å². The van der Waals surface area contributed by atoms with Crippen molar-refractivity contribution in [3.05, 3.63) is 65.7 Å². The van der Waals surface area contributed by atoms with Gasteiger partial charge in [-0.15, -0.1) is 5.10 Å². The second kappa shape index (κ2) is 8.48. The van der Waals surface area contributed by atoms with Crippen LogP contribution >= 0.6 is 11.8 Å². The van der Waals surface area contributed by atoms with Crippen molar-refractivity contribution in [2.75, 3.05) is 11.1 Å². The van der Waals surface area contributed by atoms with Crippen LogP contribution in [0, 0.1) is 12.7 Å². The zero-order chi connectivity index (χ0) is 18.4. The molecule has 1 heterocycles. The second-order valence-corrected chi connectivity index (χ2v) is 6.43. The van der Waals surface area contributed by atoms with Crippen LogP contribution in [0.15, 0.2) is 53.7 Å². The first kappa shape index (κ1) is 17.9. The fourth-order valence-electron chi connectivity index (χ4n) is 2.08. The number of aryl methyl sites for hydroxylation is 1. The molecule has 8 heteroatoms. The number of H-pyrrole nitrogens is 1. The van der Waals surface area contributed by atoms with E-state index in [9.17, 15) is 9.18 Å². The van der Waals surface area contributed by atoms with Crippen LogP contribution in [0.3, 0.4) is 0 Å². The van der Waals surface area contributed by atoms with Gasteiger partial charge < -0.3 is 10.1 Å². The molecule has 0 aliphatic carbocycles. The average Bonchev–Trinajstić information content (AvgIpc) is 3.09. The molecule has 0 fully saturated rings. The Balaban J connectivity index is 1.46. The number of rotatable bonds is 7. The predicted octanol–water partition coefficient (Wildman–Crippen LogP) is 3.56. The predicted molar refractivity (Wildman–Crippen MR) is 97.6 cm³/mol. The summed E-state index contributed by atoms with van der Waals surface area (Å²) >= 11 is 1.20. The molecule has 0 saturated carbocycles.